The number of aromatic amines is 1. The molecule has 0 aliphatic carbocycles. The van der Waals surface area contributed by atoms with Crippen LogP contribution >= 0.6 is 0 Å². The summed E-state index contributed by atoms with van der Waals surface area (Å²) in [7, 11) is 4.01. The van der Waals surface area contributed by atoms with Gasteiger partial charge in [0.25, 0.3) is 5.56 Å². The molecule has 0 spiro atoms. The van der Waals surface area contributed by atoms with E-state index in [-0.39, 0.29) is 12.4 Å². The van der Waals surface area contributed by atoms with Crippen molar-refractivity contribution in [3.05, 3.63) is 58.4 Å². The second-order valence-electron chi connectivity index (χ2n) is 6.21. The first-order valence-corrected chi connectivity index (χ1v) is 8.07. The Morgan fingerprint density at radius 3 is 2.52 bits per heavy atom. The van der Waals surface area contributed by atoms with Crippen molar-refractivity contribution in [2.75, 3.05) is 31.1 Å². The molecule has 0 saturated heterocycles. The lowest BCUT2D eigenvalue weighted by Gasteiger charge is -2.13. The highest BCUT2D eigenvalue weighted by atomic mass is 16.7. The average molecular weight is 337 g/mol. The van der Waals surface area contributed by atoms with Gasteiger partial charge in [-0.1, -0.05) is 0 Å². The van der Waals surface area contributed by atoms with Gasteiger partial charge in [0, 0.05) is 49.0 Å². The molecule has 25 heavy (non-hydrogen) atoms. The Labute approximate surface area is 145 Å². The zero-order chi connectivity index (χ0) is 17.4. The van der Waals surface area contributed by atoms with Crippen LogP contribution in [-0.2, 0) is 6.54 Å². The van der Waals surface area contributed by atoms with Crippen LogP contribution in [0.25, 0.3) is 10.9 Å². The first kappa shape index (κ1) is 15.4. The lowest BCUT2D eigenvalue weighted by Crippen LogP contribution is -2.15. The molecular formula is C19H19N3O3. The number of pyridine rings is 1. The zero-order valence-corrected chi connectivity index (χ0v) is 14.1. The molecule has 1 aliphatic rings. The monoisotopic (exact) mass is 337 g/mol. The highest BCUT2D eigenvalue weighted by Crippen LogP contribution is 2.35. The standard InChI is InChI=1S/C19H19N3O3/c1-22(2)15-5-3-14(4-6-15)20-10-13-7-12-8-17-18(25-11-24-17)9-16(12)21-19(13)23/h3-9,20H,10-11H2,1-2H3,(H,21,23). The second kappa shape index (κ2) is 6.05. The predicted octanol–water partition coefficient (Wildman–Crippen LogP) is 2.93. The Morgan fingerprint density at radius 2 is 1.80 bits per heavy atom. The number of hydrogen-bond donors (Lipinski definition) is 2. The fraction of sp³-hybridized carbons (Fsp3) is 0.211. The molecule has 1 aliphatic heterocycles. The SMILES string of the molecule is CN(C)c1ccc(NCc2cc3cc4c(cc3[nH]c2=O)OCO4)cc1. The van der Waals surface area contributed by atoms with Crippen molar-refractivity contribution in [1.29, 1.82) is 0 Å². The Balaban J connectivity index is 1.57. The summed E-state index contributed by atoms with van der Waals surface area (Å²) >= 11 is 0. The fourth-order valence-electron chi connectivity index (χ4n) is 2.85. The minimum absolute atomic E-state index is 0.108. The van der Waals surface area contributed by atoms with E-state index in [1.165, 1.54) is 0 Å². The molecule has 0 saturated carbocycles. The van der Waals surface area contributed by atoms with Crippen molar-refractivity contribution in [1.82, 2.24) is 4.98 Å². The van der Waals surface area contributed by atoms with Crippen LogP contribution in [0, 0.1) is 0 Å². The third-order valence-electron chi connectivity index (χ3n) is 4.28. The van der Waals surface area contributed by atoms with Gasteiger partial charge >= 0.3 is 0 Å². The van der Waals surface area contributed by atoms with Crippen molar-refractivity contribution in [2.24, 2.45) is 0 Å². The van der Waals surface area contributed by atoms with Gasteiger partial charge in [0.05, 0.1) is 5.52 Å². The summed E-state index contributed by atoms with van der Waals surface area (Å²) in [4.78, 5) is 17.3. The van der Waals surface area contributed by atoms with Crippen molar-refractivity contribution in [3.8, 4) is 11.5 Å². The van der Waals surface area contributed by atoms with E-state index in [2.05, 4.69) is 10.3 Å². The molecule has 2 heterocycles. The van der Waals surface area contributed by atoms with Gasteiger partial charge in [0.1, 0.15) is 0 Å². The number of H-pyrrole nitrogens is 1. The average Bonchev–Trinajstić information content (AvgIpc) is 3.05. The summed E-state index contributed by atoms with van der Waals surface area (Å²) in [5.41, 5.74) is 3.40. The summed E-state index contributed by atoms with van der Waals surface area (Å²) in [6.07, 6.45) is 0. The van der Waals surface area contributed by atoms with Crippen molar-refractivity contribution >= 4 is 22.3 Å². The number of benzene rings is 2. The molecule has 4 rings (SSSR count). The Kier molecular flexibility index (Phi) is 3.72. The van der Waals surface area contributed by atoms with Gasteiger partial charge in [-0.05, 0) is 36.4 Å². The van der Waals surface area contributed by atoms with Gasteiger partial charge in [0.2, 0.25) is 6.79 Å². The van der Waals surface area contributed by atoms with Crippen molar-refractivity contribution < 1.29 is 9.47 Å². The van der Waals surface area contributed by atoms with Crippen LogP contribution in [0.15, 0.2) is 47.3 Å². The van der Waals surface area contributed by atoms with Gasteiger partial charge in [0.15, 0.2) is 11.5 Å². The summed E-state index contributed by atoms with van der Waals surface area (Å²) < 4.78 is 10.8. The molecule has 2 aromatic carbocycles. The number of aromatic nitrogens is 1. The molecular weight excluding hydrogens is 318 g/mol. The first-order chi connectivity index (χ1) is 12.1. The lowest BCUT2D eigenvalue weighted by atomic mass is 10.1. The van der Waals surface area contributed by atoms with Crippen LogP contribution in [0.5, 0.6) is 11.5 Å². The number of ether oxygens (including phenoxy) is 2. The van der Waals surface area contributed by atoms with E-state index in [0.29, 0.717) is 23.6 Å². The predicted molar refractivity (Wildman–Crippen MR) is 98.8 cm³/mol. The maximum absolute atomic E-state index is 12.3. The number of anilines is 2. The normalized spacial score (nSPS) is 12.4. The third-order valence-corrected chi connectivity index (χ3v) is 4.28. The molecule has 0 unspecified atom stereocenters. The van der Waals surface area contributed by atoms with E-state index in [0.717, 1.165) is 22.3 Å². The lowest BCUT2D eigenvalue weighted by molar-refractivity contribution is 0.174. The number of nitrogens with one attached hydrogen (secondary N) is 2. The molecule has 6 nitrogen and oxygen atoms in total. The smallest absolute Gasteiger partial charge is 0.253 e. The summed E-state index contributed by atoms with van der Waals surface area (Å²) in [6, 6.07) is 13.7. The Hall–Kier alpha value is -3.15. The van der Waals surface area contributed by atoms with Crippen LogP contribution in [0.2, 0.25) is 0 Å². The van der Waals surface area contributed by atoms with Gasteiger partial charge < -0.3 is 24.7 Å². The number of fused-ring (bicyclic) bond motifs is 2. The van der Waals surface area contributed by atoms with E-state index >= 15 is 0 Å². The van der Waals surface area contributed by atoms with E-state index in [4.69, 9.17) is 9.47 Å². The van der Waals surface area contributed by atoms with Gasteiger partial charge in [-0.25, -0.2) is 0 Å². The van der Waals surface area contributed by atoms with E-state index in [9.17, 15) is 4.79 Å². The zero-order valence-electron chi connectivity index (χ0n) is 14.1. The Morgan fingerprint density at radius 1 is 1.08 bits per heavy atom. The summed E-state index contributed by atoms with van der Waals surface area (Å²) in [5.74, 6) is 1.37. The molecule has 128 valence electrons. The summed E-state index contributed by atoms with van der Waals surface area (Å²) in [5, 5.41) is 4.21. The molecule has 6 heteroatoms. The highest BCUT2D eigenvalue weighted by molar-refractivity contribution is 5.83. The minimum Gasteiger partial charge on any atom is -0.454 e. The van der Waals surface area contributed by atoms with E-state index in [1.807, 2.05) is 55.4 Å². The second-order valence-corrected chi connectivity index (χ2v) is 6.21. The van der Waals surface area contributed by atoms with Gasteiger partial charge in [-0.2, -0.15) is 0 Å². The molecule has 0 radical (unpaired) electrons. The molecule has 0 bridgehead atoms. The van der Waals surface area contributed by atoms with Gasteiger partial charge in [-0.3, -0.25) is 4.79 Å². The first-order valence-electron chi connectivity index (χ1n) is 8.07. The fourth-order valence-corrected chi connectivity index (χ4v) is 2.85. The maximum Gasteiger partial charge on any atom is 0.253 e. The molecule has 0 amide bonds. The van der Waals surface area contributed by atoms with Crippen LogP contribution in [0.3, 0.4) is 0 Å². The van der Waals surface area contributed by atoms with Crippen LogP contribution < -0.4 is 25.2 Å². The topological polar surface area (TPSA) is 66.6 Å². The van der Waals surface area contributed by atoms with Crippen LogP contribution in [0.1, 0.15) is 5.56 Å². The summed E-state index contributed by atoms with van der Waals surface area (Å²) in [6.45, 7) is 0.661. The number of hydrogen-bond acceptors (Lipinski definition) is 5. The number of nitrogens with zero attached hydrogens (tertiary/aromatic N) is 1. The number of rotatable bonds is 4. The third kappa shape index (κ3) is 2.98. The van der Waals surface area contributed by atoms with Crippen molar-refractivity contribution in [2.45, 2.75) is 6.54 Å². The minimum atomic E-state index is -0.108. The van der Waals surface area contributed by atoms with Crippen LogP contribution in [0.4, 0.5) is 11.4 Å². The molecule has 3 aromatic rings. The van der Waals surface area contributed by atoms with E-state index < -0.39 is 0 Å². The molecule has 0 atom stereocenters. The molecule has 0 fully saturated rings. The highest BCUT2D eigenvalue weighted by Gasteiger charge is 2.15. The quantitative estimate of drug-likeness (QED) is 0.766. The van der Waals surface area contributed by atoms with Crippen LogP contribution in [-0.4, -0.2) is 25.9 Å². The molecule has 2 N–H and O–H groups in total. The van der Waals surface area contributed by atoms with Gasteiger partial charge in [-0.15, -0.1) is 0 Å². The maximum atomic E-state index is 12.3. The Bertz CT molecular complexity index is 978. The molecule has 1 aromatic heterocycles. The van der Waals surface area contributed by atoms with E-state index in [1.54, 1.807) is 6.07 Å². The van der Waals surface area contributed by atoms with Crippen molar-refractivity contribution in [3.63, 3.8) is 0 Å². The largest absolute Gasteiger partial charge is 0.454 e.